The average molecular weight is 386 g/mol. The van der Waals surface area contributed by atoms with E-state index in [1.807, 2.05) is 11.9 Å². The highest BCUT2D eigenvalue weighted by atomic mass is 32.2. The molecule has 1 aliphatic heterocycles. The van der Waals surface area contributed by atoms with Gasteiger partial charge in [0.1, 0.15) is 16.5 Å². The second-order valence-electron chi connectivity index (χ2n) is 7.14. The molecule has 1 aromatic rings. The van der Waals surface area contributed by atoms with Crippen LogP contribution in [0.5, 0.6) is 0 Å². The highest BCUT2D eigenvalue weighted by molar-refractivity contribution is 7.89. The predicted octanol–water partition coefficient (Wildman–Crippen LogP) is 2.77. The van der Waals surface area contributed by atoms with Crippen molar-refractivity contribution in [1.82, 2.24) is 9.21 Å². The molecule has 1 saturated heterocycles. The molecule has 8 heteroatoms. The zero-order valence-corrected chi connectivity index (χ0v) is 15.6. The Hall–Kier alpha value is -1.54. The van der Waals surface area contributed by atoms with Gasteiger partial charge in [0.25, 0.3) is 0 Å². The lowest BCUT2D eigenvalue weighted by atomic mass is 9.96. The van der Waals surface area contributed by atoms with E-state index in [1.165, 1.54) is 0 Å². The number of hydrogen-bond donors (Lipinski definition) is 0. The van der Waals surface area contributed by atoms with E-state index in [2.05, 4.69) is 0 Å². The molecule has 0 N–H and O–H groups in total. The van der Waals surface area contributed by atoms with Crippen LogP contribution in [0.25, 0.3) is 0 Å². The van der Waals surface area contributed by atoms with Crippen molar-refractivity contribution in [3.05, 3.63) is 29.8 Å². The van der Waals surface area contributed by atoms with Crippen LogP contribution in [0.4, 0.5) is 8.78 Å². The molecule has 0 atom stereocenters. The SMILES string of the molecule is CN(C(=O)C1CCN(S(=O)(=O)c2cc(F)ccc2F)CC1)C1CCCC1. The molecule has 1 aliphatic carbocycles. The Labute approximate surface area is 153 Å². The molecular formula is C18H24F2N2O3S. The van der Waals surface area contributed by atoms with E-state index in [0.29, 0.717) is 18.9 Å². The number of amides is 1. The first-order valence-corrected chi connectivity index (χ1v) is 10.5. The lowest BCUT2D eigenvalue weighted by molar-refractivity contribution is -0.137. The fourth-order valence-electron chi connectivity index (χ4n) is 3.92. The monoisotopic (exact) mass is 386 g/mol. The van der Waals surface area contributed by atoms with Crippen molar-refractivity contribution in [2.45, 2.75) is 49.5 Å². The summed E-state index contributed by atoms with van der Waals surface area (Å²) in [5, 5.41) is 0. The van der Waals surface area contributed by atoms with E-state index in [4.69, 9.17) is 0 Å². The van der Waals surface area contributed by atoms with Crippen molar-refractivity contribution < 1.29 is 22.0 Å². The lowest BCUT2D eigenvalue weighted by Gasteiger charge is -2.34. The topological polar surface area (TPSA) is 57.7 Å². The van der Waals surface area contributed by atoms with Crippen molar-refractivity contribution >= 4 is 15.9 Å². The smallest absolute Gasteiger partial charge is 0.246 e. The van der Waals surface area contributed by atoms with Gasteiger partial charge in [-0.2, -0.15) is 4.31 Å². The molecule has 1 aromatic carbocycles. The third-order valence-electron chi connectivity index (χ3n) is 5.53. The van der Waals surface area contributed by atoms with Crippen LogP contribution in [0.1, 0.15) is 38.5 Å². The highest BCUT2D eigenvalue weighted by Crippen LogP contribution is 2.29. The molecule has 2 fully saturated rings. The zero-order valence-electron chi connectivity index (χ0n) is 14.8. The van der Waals surface area contributed by atoms with Crippen LogP contribution in [0.3, 0.4) is 0 Å². The second-order valence-corrected chi connectivity index (χ2v) is 9.05. The number of rotatable bonds is 4. The van der Waals surface area contributed by atoms with Gasteiger partial charge in [-0.05, 0) is 43.9 Å². The van der Waals surface area contributed by atoms with Gasteiger partial charge in [-0.15, -0.1) is 0 Å². The third kappa shape index (κ3) is 3.76. The van der Waals surface area contributed by atoms with Crippen LogP contribution in [0, 0.1) is 17.6 Å². The first-order valence-electron chi connectivity index (χ1n) is 9.02. The molecule has 1 saturated carbocycles. The summed E-state index contributed by atoms with van der Waals surface area (Å²) in [4.78, 5) is 13.8. The zero-order chi connectivity index (χ0) is 18.9. The van der Waals surface area contributed by atoms with E-state index < -0.39 is 26.6 Å². The van der Waals surface area contributed by atoms with E-state index in [1.54, 1.807) is 0 Å². The van der Waals surface area contributed by atoms with Gasteiger partial charge in [0.15, 0.2) is 0 Å². The first kappa shape index (κ1) is 19.2. The Morgan fingerprint density at radius 2 is 1.73 bits per heavy atom. The number of nitrogens with zero attached hydrogens (tertiary/aromatic N) is 2. The molecule has 144 valence electrons. The Bertz CT molecular complexity index is 771. The largest absolute Gasteiger partial charge is 0.343 e. The highest BCUT2D eigenvalue weighted by Gasteiger charge is 2.36. The Balaban J connectivity index is 1.66. The molecule has 0 radical (unpaired) electrons. The molecule has 3 rings (SSSR count). The molecule has 0 unspecified atom stereocenters. The van der Waals surface area contributed by atoms with E-state index in [-0.39, 0.29) is 31.0 Å². The maximum atomic E-state index is 13.9. The summed E-state index contributed by atoms with van der Waals surface area (Å²) in [6, 6.07) is 2.69. The quantitative estimate of drug-likeness (QED) is 0.800. The fraction of sp³-hybridized carbons (Fsp3) is 0.611. The van der Waals surface area contributed by atoms with Crippen LogP contribution in [-0.4, -0.2) is 49.7 Å². The van der Waals surface area contributed by atoms with Gasteiger partial charge < -0.3 is 4.90 Å². The van der Waals surface area contributed by atoms with Crippen molar-refractivity contribution in [2.24, 2.45) is 5.92 Å². The van der Waals surface area contributed by atoms with Gasteiger partial charge in [0, 0.05) is 32.1 Å². The molecule has 0 aromatic heterocycles. The number of sulfonamides is 1. The van der Waals surface area contributed by atoms with Crippen LogP contribution in [0.2, 0.25) is 0 Å². The number of piperidine rings is 1. The minimum absolute atomic E-state index is 0.0610. The van der Waals surface area contributed by atoms with Gasteiger partial charge >= 0.3 is 0 Å². The van der Waals surface area contributed by atoms with Gasteiger partial charge in [0.2, 0.25) is 15.9 Å². The van der Waals surface area contributed by atoms with E-state index in [9.17, 15) is 22.0 Å². The number of hydrogen-bond acceptors (Lipinski definition) is 3. The van der Waals surface area contributed by atoms with Crippen molar-refractivity contribution in [3.63, 3.8) is 0 Å². The number of halogens is 2. The Kier molecular flexibility index (Phi) is 5.62. The van der Waals surface area contributed by atoms with Crippen molar-refractivity contribution in [2.75, 3.05) is 20.1 Å². The van der Waals surface area contributed by atoms with Gasteiger partial charge in [-0.25, -0.2) is 17.2 Å². The molecule has 1 heterocycles. The minimum atomic E-state index is -4.11. The summed E-state index contributed by atoms with van der Waals surface area (Å²) >= 11 is 0. The summed E-state index contributed by atoms with van der Waals surface area (Å²) in [5.41, 5.74) is 0. The number of carbonyl (C=O) groups excluding carboxylic acids is 1. The fourth-order valence-corrected chi connectivity index (χ4v) is 5.46. The van der Waals surface area contributed by atoms with E-state index in [0.717, 1.165) is 42.1 Å². The summed E-state index contributed by atoms with van der Waals surface area (Å²) < 4.78 is 53.6. The second kappa shape index (κ2) is 7.60. The standard InChI is InChI=1S/C18H24F2N2O3S/c1-21(15-4-2-3-5-15)18(23)13-8-10-22(11-9-13)26(24,25)17-12-14(19)6-7-16(17)20/h6-7,12-13,15H,2-5,8-11H2,1H3. The predicted molar refractivity (Wildman–Crippen MR) is 92.9 cm³/mol. The summed E-state index contributed by atoms with van der Waals surface area (Å²) in [6.45, 7) is 0.264. The average Bonchev–Trinajstić information content (AvgIpc) is 3.17. The number of carbonyl (C=O) groups is 1. The maximum absolute atomic E-state index is 13.9. The first-order chi connectivity index (χ1) is 12.3. The molecule has 0 bridgehead atoms. The summed E-state index contributed by atoms with van der Waals surface area (Å²) in [6.07, 6.45) is 5.11. The molecule has 26 heavy (non-hydrogen) atoms. The van der Waals surface area contributed by atoms with Crippen LogP contribution in [0.15, 0.2) is 23.1 Å². The minimum Gasteiger partial charge on any atom is -0.343 e. The van der Waals surface area contributed by atoms with Gasteiger partial charge in [0.05, 0.1) is 0 Å². The van der Waals surface area contributed by atoms with Gasteiger partial charge in [-0.3, -0.25) is 4.79 Å². The Morgan fingerprint density at radius 3 is 2.35 bits per heavy atom. The Morgan fingerprint density at radius 1 is 1.12 bits per heavy atom. The van der Waals surface area contributed by atoms with Crippen molar-refractivity contribution in [1.29, 1.82) is 0 Å². The van der Waals surface area contributed by atoms with Crippen LogP contribution < -0.4 is 0 Å². The van der Waals surface area contributed by atoms with Crippen LogP contribution in [-0.2, 0) is 14.8 Å². The molecule has 5 nitrogen and oxygen atoms in total. The third-order valence-corrected chi connectivity index (χ3v) is 7.45. The molecular weight excluding hydrogens is 362 g/mol. The lowest BCUT2D eigenvalue weighted by Crippen LogP contribution is -2.45. The molecule has 0 spiro atoms. The van der Waals surface area contributed by atoms with E-state index >= 15 is 0 Å². The summed E-state index contributed by atoms with van der Waals surface area (Å²) in [7, 11) is -2.28. The van der Waals surface area contributed by atoms with Crippen molar-refractivity contribution in [3.8, 4) is 0 Å². The normalized spacial score (nSPS) is 20.4. The number of benzene rings is 1. The molecule has 1 amide bonds. The van der Waals surface area contributed by atoms with Crippen LogP contribution >= 0.6 is 0 Å². The maximum Gasteiger partial charge on any atom is 0.246 e. The van der Waals surface area contributed by atoms with Gasteiger partial charge in [-0.1, -0.05) is 12.8 Å². The molecule has 2 aliphatic rings. The summed E-state index contributed by atoms with van der Waals surface area (Å²) in [5.74, 6) is -1.92.